The molecule has 0 spiro atoms. The number of anilines is 1. The zero-order chi connectivity index (χ0) is 21.9. The lowest BCUT2D eigenvalue weighted by atomic mass is 9.47. The van der Waals surface area contributed by atoms with Crippen molar-refractivity contribution in [1.29, 1.82) is 0 Å². The summed E-state index contributed by atoms with van der Waals surface area (Å²) in [5, 5.41) is 28.1. The van der Waals surface area contributed by atoms with Gasteiger partial charge in [0.2, 0.25) is 5.91 Å². The summed E-state index contributed by atoms with van der Waals surface area (Å²) >= 11 is 1.61. The Labute approximate surface area is 182 Å². The van der Waals surface area contributed by atoms with Crippen molar-refractivity contribution in [3.8, 4) is 0 Å². The monoisotopic (exact) mass is 437 g/mol. The average Bonchev–Trinajstić information content (AvgIpc) is 3.14. The van der Waals surface area contributed by atoms with E-state index >= 15 is 0 Å². The first-order valence-corrected chi connectivity index (χ1v) is 11.5. The molecule has 2 aliphatic carbocycles. The third-order valence-electron chi connectivity index (χ3n) is 7.31. The molecule has 1 saturated carbocycles. The van der Waals surface area contributed by atoms with E-state index in [1.165, 1.54) is 0 Å². The number of hydrogen-bond acceptors (Lipinski definition) is 7. The average molecular weight is 438 g/mol. The molecule has 3 rings (SSSR count). The maximum Gasteiger partial charge on any atom is 0.220 e. The molecule has 1 aromatic heterocycles. The molecular weight excluding hydrogens is 402 g/mol. The van der Waals surface area contributed by atoms with Gasteiger partial charge in [-0.3, -0.25) is 4.79 Å². The van der Waals surface area contributed by atoms with Crippen molar-refractivity contribution < 1.29 is 19.7 Å². The first kappa shape index (κ1) is 23.2. The topological polar surface area (TPSA) is 104 Å². The highest BCUT2D eigenvalue weighted by Crippen LogP contribution is 2.62. The first-order chi connectivity index (χ1) is 14.3. The maximum absolute atomic E-state index is 12.8. The maximum atomic E-state index is 12.8. The number of hydrogen-bond donors (Lipinski definition) is 4. The quantitative estimate of drug-likeness (QED) is 0.349. The number of rotatable bonds is 9. The molecule has 1 heterocycles. The normalized spacial score (nSPS) is 32.8. The predicted molar refractivity (Wildman–Crippen MR) is 119 cm³/mol. The van der Waals surface area contributed by atoms with E-state index in [1.54, 1.807) is 24.5 Å². The standard InChI is InChI=1S/C22H35N3O4S/c1-5-8-24-20-25-19-14(11-18(28)23-9-10-29-4)21(2)7-6-17(27)22(3,13-26)16(21)12-15(19)30-20/h5,14,16-17,26-27H,1,6-13H2,2-4H3,(H,23,28)(H,24,25)/t14-,16+,17-,21+,22+/m1/s1. The van der Waals surface area contributed by atoms with Gasteiger partial charge in [0.05, 0.1) is 25.0 Å². The number of nitrogens with zero attached hydrogens (tertiary/aromatic N) is 1. The number of amides is 1. The van der Waals surface area contributed by atoms with Gasteiger partial charge in [0.25, 0.3) is 0 Å². The lowest BCUT2D eigenvalue weighted by Crippen LogP contribution is -2.57. The molecule has 30 heavy (non-hydrogen) atoms. The summed E-state index contributed by atoms with van der Waals surface area (Å²) in [6.07, 6.45) is 3.76. The van der Waals surface area contributed by atoms with Crippen LogP contribution in [0.1, 0.15) is 49.6 Å². The highest BCUT2D eigenvalue weighted by atomic mass is 32.1. The predicted octanol–water partition coefficient (Wildman–Crippen LogP) is 2.31. The van der Waals surface area contributed by atoms with Crippen molar-refractivity contribution in [2.75, 3.05) is 38.7 Å². The van der Waals surface area contributed by atoms with Crippen molar-refractivity contribution in [1.82, 2.24) is 10.3 Å². The number of ether oxygens (including phenoxy) is 1. The minimum Gasteiger partial charge on any atom is -0.396 e. The Balaban J connectivity index is 1.97. The van der Waals surface area contributed by atoms with E-state index < -0.39 is 11.5 Å². The second-order valence-electron chi connectivity index (χ2n) is 9.08. The fraction of sp³-hybridized carbons (Fsp3) is 0.727. The molecule has 0 bridgehead atoms. The van der Waals surface area contributed by atoms with Gasteiger partial charge >= 0.3 is 0 Å². The highest BCUT2D eigenvalue weighted by Gasteiger charge is 2.59. The van der Waals surface area contributed by atoms with Crippen LogP contribution in [0.3, 0.4) is 0 Å². The van der Waals surface area contributed by atoms with Crippen LogP contribution in [0.5, 0.6) is 0 Å². The Bertz CT molecular complexity index is 770. The number of thiazole rings is 1. The van der Waals surface area contributed by atoms with Crippen LogP contribution in [0.15, 0.2) is 12.7 Å². The van der Waals surface area contributed by atoms with Gasteiger partial charge in [-0.1, -0.05) is 19.9 Å². The molecule has 5 atom stereocenters. The van der Waals surface area contributed by atoms with Crippen LogP contribution in [-0.2, 0) is 16.0 Å². The zero-order valence-electron chi connectivity index (χ0n) is 18.2. The number of aliphatic hydroxyl groups excluding tert-OH is 2. The third-order valence-corrected chi connectivity index (χ3v) is 8.36. The molecule has 1 amide bonds. The van der Waals surface area contributed by atoms with Crippen LogP contribution in [0.25, 0.3) is 0 Å². The molecule has 0 radical (unpaired) electrons. The summed E-state index contributed by atoms with van der Waals surface area (Å²) in [6.45, 7) is 9.46. The van der Waals surface area contributed by atoms with Crippen LogP contribution in [0.4, 0.5) is 5.13 Å². The molecule has 1 aromatic rings. The number of methoxy groups -OCH3 is 1. The number of aliphatic hydroxyl groups is 2. The van der Waals surface area contributed by atoms with Crippen LogP contribution in [0, 0.1) is 16.7 Å². The highest BCUT2D eigenvalue weighted by molar-refractivity contribution is 7.15. The van der Waals surface area contributed by atoms with E-state index in [1.807, 2.05) is 6.92 Å². The van der Waals surface area contributed by atoms with E-state index in [4.69, 9.17) is 9.72 Å². The van der Waals surface area contributed by atoms with Crippen LogP contribution >= 0.6 is 11.3 Å². The van der Waals surface area contributed by atoms with E-state index in [9.17, 15) is 15.0 Å². The Morgan fingerprint density at radius 3 is 2.90 bits per heavy atom. The summed E-state index contributed by atoms with van der Waals surface area (Å²) in [5.41, 5.74) is 0.157. The molecule has 8 heteroatoms. The molecule has 0 aliphatic heterocycles. The second-order valence-corrected chi connectivity index (χ2v) is 10.2. The summed E-state index contributed by atoms with van der Waals surface area (Å²) in [6, 6.07) is 0. The summed E-state index contributed by atoms with van der Waals surface area (Å²) in [5.74, 6) is -0.0197. The SMILES string of the molecule is C=CCNc1nc2c(s1)C[C@@H]1[C@](C)(CO)[C@H](O)CC[C@@]1(C)[C@@H]2CC(=O)NCCOC. The van der Waals surface area contributed by atoms with Gasteiger partial charge in [-0.05, 0) is 30.6 Å². The lowest BCUT2D eigenvalue weighted by molar-refractivity contribution is -0.144. The van der Waals surface area contributed by atoms with Crippen molar-refractivity contribution >= 4 is 22.4 Å². The molecule has 4 N–H and O–H groups in total. The molecule has 0 saturated heterocycles. The van der Waals surface area contributed by atoms with Crippen molar-refractivity contribution in [2.45, 2.75) is 51.6 Å². The smallest absolute Gasteiger partial charge is 0.220 e. The Morgan fingerprint density at radius 2 is 2.23 bits per heavy atom. The Kier molecular flexibility index (Phi) is 7.22. The summed E-state index contributed by atoms with van der Waals surface area (Å²) in [7, 11) is 1.61. The van der Waals surface area contributed by atoms with Crippen molar-refractivity contribution in [3.05, 3.63) is 23.2 Å². The zero-order valence-corrected chi connectivity index (χ0v) is 19.1. The molecular formula is C22H35N3O4S. The number of fused-ring (bicyclic) bond motifs is 2. The summed E-state index contributed by atoms with van der Waals surface area (Å²) in [4.78, 5) is 18.8. The Hall–Kier alpha value is -1.48. The molecule has 7 nitrogen and oxygen atoms in total. The lowest BCUT2D eigenvalue weighted by Gasteiger charge is -2.58. The van der Waals surface area contributed by atoms with E-state index in [-0.39, 0.29) is 29.8 Å². The number of carbonyl (C=O) groups excluding carboxylic acids is 1. The van der Waals surface area contributed by atoms with Gasteiger partial charge in [0, 0.05) is 42.8 Å². The van der Waals surface area contributed by atoms with Crippen LogP contribution in [-0.4, -0.2) is 60.6 Å². The minimum atomic E-state index is -0.603. The summed E-state index contributed by atoms with van der Waals surface area (Å²) < 4.78 is 5.04. The Morgan fingerprint density at radius 1 is 1.47 bits per heavy atom. The first-order valence-electron chi connectivity index (χ1n) is 10.7. The largest absolute Gasteiger partial charge is 0.396 e. The number of nitrogens with one attached hydrogen (secondary N) is 2. The number of aromatic nitrogens is 1. The van der Waals surface area contributed by atoms with Gasteiger partial charge in [-0.25, -0.2) is 4.98 Å². The van der Waals surface area contributed by atoms with E-state index in [0.29, 0.717) is 32.5 Å². The van der Waals surface area contributed by atoms with Crippen LogP contribution < -0.4 is 10.6 Å². The van der Waals surface area contributed by atoms with Crippen LogP contribution in [0.2, 0.25) is 0 Å². The molecule has 0 unspecified atom stereocenters. The van der Waals surface area contributed by atoms with Gasteiger partial charge in [0.15, 0.2) is 5.13 Å². The minimum absolute atomic E-state index is 0.0182. The molecule has 2 aliphatic rings. The second kappa shape index (κ2) is 9.34. The molecule has 168 valence electrons. The number of carbonyl (C=O) groups is 1. The molecule has 0 aromatic carbocycles. The van der Waals surface area contributed by atoms with Gasteiger partial charge in [-0.2, -0.15) is 0 Å². The molecule has 1 fully saturated rings. The van der Waals surface area contributed by atoms with Gasteiger partial charge < -0.3 is 25.6 Å². The fourth-order valence-corrected chi connectivity index (χ4v) is 6.51. The van der Waals surface area contributed by atoms with Gasteiger partial charge in [0.1, 0.15) is 0 Å². The van der Waals surface area contributed by atoms with Crippen molar-refractivity contribution in [3.63, 3.8) is 0 Å². The van der Waals surface area contributed by atoms with Crippen molar-refractivity contribution in [2.24, 2.45) is 16.7 Å². The third kappa shape index (κ3) is 4.15. The van der Waals surface area contributed by atoms with Gasteiger partial charge in [-0.15, -0.1) is 17.9 Å². The fourth-order valence-electron chi connectivity index (χ4n) is 5.43. The van der Waals surface area contributed by atoms with E-state index in [0.717, 1.165) is 28.5 Å². The van der Waals surface area contributed by atoms with E-state index in [2.05, 4.69) is 24.1 Å².